The summed E-state index contributed by atoms with van der Waals surface area (Å²) in [6.07, 6.45) is 0.641. The first kappa shape index (κ1) is 15.3. The molecule has 7 heteroatoms. The zero-order chi connectivity index (χ0) is 14.4. The van der Waals surface area contributed by atoms with Gasteiger partial charge in [-0.05, 0) is 24.3 Å². The zero-order valence-corrected chi connectivity index (χ0v) is 11.2. The van der Waals surface area contributed by atoms with Crippen molar-refractivity contribution in [3.63, 3.8) is 0 Å². The molecule has 1 amide bonds. The molecule has 1 aromatic rings. The first-order chi connectivity index (χ1) is 8.90. The quantitative estimate of drug-likeness (QED) is 0.707. The van der Waals surface area contributed by atoms with E-state index in [-0.39, 0.29) is 5.56 Å². The molecule has 1 atom stereocenters. The Labute approximate surface area is 116 Å². The van der Waals surface area contributed by atoms with Crippen LogP contribution in [0.1, 0.15) is 5.56 Å². The number of benzene rings is 1. The van der Waals surface area contributed by atoms with E-state index < -0.39 is 30.3 Å². The Morgan fingerprint density at radius 2 is 2.16 bits per heavy atom. The van der Waals surface area contributed by atoms with Crippen molar-refractivity contribution in [2.24, 2.45) is 0 Å². The molecule has 0 saturated carbocycles. The highest BCUT2D eigenvalue weighted by Crippen LogP contribution is 2.16. The van der Waals surface area contributed by atoms with Gasteiger partial charge in [0, 0.05) is 16.1 Å². The van der Waals surface area contributed by atoms with Gasteiger partial charge in [0.25, 0.3) is 0 Å². The first-order valence-corrected chi connectivity index (χ1v) is 6.01. The van der Waals surface area contributed by atoms with Gasteiger partial charge in [-0.25, -0.2) is 9.18 Å². The molecule has 1 rings (SSSR count). The highest BCUT2D eigenvalue weighted by Gasteiger charge is 2.12. The van der Waals surface area contributed by atoms with Crippen LogP contribution in [0.15, 0.2) is 28.7 Å². The number of carboxylic acids is 1. The second-order valence-electron chi connectivity index (χ2n) is 3.60. The summed E-state index contributed by atoms with van der Waals surface area (Å²) in [5.74, 6) is -2.54. The van der Waals surface area contributed by atoms with Crippen LogP contribution in [0.4, 0.5) is 4.39 Å². The molecule has 5 nitrogen and oxygen atoms in total. The molecule has 0 heterocycles. The highest BCUT2D eigenvalue weighted by atomic mass is 79.9. The highest BCUT2D eigenvalue weighted by molar-refractivity contribution is 9.10. The SMILES string of the molecule is O=C(C=Cc1cc(Br)ccc1F)NCC(O)C(=O)O. The van der Waals surface area contributed by atoms with Gasteiger partial charge in [0.2, 0.25) is 5.91 Å². The molecule has 0 spiro atoms. The van der Waals surface area contributed by atoms with Gasteiger partial charge in [-0.2, -0.15) is 0 Å². The maximum atomic E-state index is 13.3. The summed E-state index contributed by atoms with van der Waals surface area (Å²) in [5, 5.41) is 19.5. The van der Waals surface area contributed by atoms with Gasteiger partial charge >= 0.3 is 5.97 Å². The number of hydrogen-bond acceptors (Lipinski definition) is 3. The van der Waals surface area contributed by atoms with Crippen LogP contribution in [0.5, 0.6) is 0 Å². The topological polar surface area (TPSA) is 86.6 Å². The normalized spacial score (nSPS) is 12.4. The number of carbonyl (C=O) groups excluding carboxylic acids is 1. The van der Waals surface area contributed by atoms with E-state index in [1.54, 1.807) is 0 Å². The Morgan fingerprint density at radius 1 is 1.47 bits per heavy atom. The standard InChI is InChI=1S/C12H11BrFNO4/c13-8-2-3-9(14)7(5-8)1-4-11(17)15-6-10(16)12(18)19/h1-5,10,16H,6H2,(H,15,17)(H,18,19). The van der Waals surface area contributed by atoms with E-state index in [0.29, 0.717) is 4.47 Å². The summed E-state index contributed by atoms with van der Waals surface area (Å²) in [5.41, 5.74) is 0.211. The smallest absolute Gasteiger partial charge is 0.334 e. The first-order valence-electron chi connectivity index (χ1n) is 5.22. The van der Waals surface area contributed by atoms with Gasteiger partial charge in [0.15, 0.2) is 6.10 Å². The minimum absolute atomic E-state index is 0.211. The predicted molar refractivity (Wildman–Crippen MR) is 69.8 cm³/mol. The lowest BCUT2D eigenvalue weighted by molar-refractivity contribution is -0.146. The number of carbonyl (C=O) groups is 2. The van der Waals surface area contributed by atoms with Gasteiger partial charge in [0.1, 0.15) is 5.82 Å². The Balaban J connectivity index is 2.59. The summed E-state index contributed by atoms with van der Waals surface area (Å²) < 4.78 is 14.0. The van der Waals surface area contributed by atoms with Crippen LogP contribution in [0.25, 0.3) is 6.08 Å². The monoisotopic (exact) mass is 331 g/mol. The number of hydrogen-bond donors (Lipinski definition) is 3. The van der Waals surface area contributed by atoms with Crippen LogP contribution in [0.2, 0.25) is 0 Å². The number of amides is 1. The number of rotatable bonds is 5. The van der Waals surface area contributed by atoms with Crippen LogP contribution < -0.4 is 5.32 Å². The van der Waals surface area contributed by atoms with Gasteiger partial charge in [-0.15, -0.1) is 0 Å². The Morgan fingerprint density at radius 3 is 2.79 bits per heavy atom. The largest absolute Gasteiger partial charge is 0.479 e. The molecule has 0 fully saturated rings. The number of aliphatic carboxylic acids is 1. The lowest BCUT2D eigenvalue weighted by atomic mass is 10.2. The molecule has 0 aliphatic heterocycles. The van der Waals surface area contributed by atoms with Gasteiger partial charge in [0.05, 0.1) is 6.54 Å². The summed E-state index contributed by atoms with van der Waals surface area (Å²) in [6.45, 7) is -0.417. The third-order valence-corrected chi connectivity index (χ3v) is 2.62. The van der Waals surface area contributed by atoms with Gasteiger partial charge in [-0.1, -0.05) is 15.9 Å². The maximum Gasteiger partial charge on any atom is 0.334 e. The van der Waals surface area contributed by atoms with E-state index in [1.165, 1.54) is 24.3 Å². The minimum Gasteiger partial charge on any atom is -0.479 e. The lowest BCUT2D eigenvalue weighted by Crippen LogP contribution is -2.35. The summed E-state index contributed by atoms with van der Waals surface area (Å²) >= 11 is 3.17. The molecule has 102 valence electrons. The fourth-order valence-corrected chi connectivity index (χ4v) is 1.53. The molecular weight excluding hydrogens is 321 g/mol. The number of halogens is 2. The lowest BCUT2D eigenvalue weighted by Gasteiger charge is -2.05. The van der Waals surface area contributed by atoms with Crippen molar-refractivity contribution in [3.05, 3.63) is 40.1 Å². The van der Waals surface area contributed by atoms with E-state index in [9.17, 15) is 14.0 Å². The molecule has 0 saturated heterocycles. The second kappa shape index (κ2) is 7.01. The van der Waals surface area contributed by atoms with Gasteiger partial charge in [-0.3, -0.25) is 4.79 Å². The van der Waals surface area contributed by atoms with Crippen molar-refractivity contribution >= 4 is 33.9 Å². The van der Waals surface area contributed by atoms with Crippen LogP contribution in [-0.4, -0.2) is 34.7 Å². The Kier molecular flexibility index (Phi) is 5.65. The third kappa shape index (κ3) is 5.19. The number of carboxylic acid groups (broad SMARTS) is 1. The zero-order valence-electron chi connectivity index (χ0n) is 9.64. The third-order valence-electron chi connectivity index (χ3n) is 2.13. The summed E-state index contributed by atoms with van der Waals surface area (Å²) in [6, 6.07) is 4.26. The van der Waals surface area contributed by atoms with Crippen LogP contribution in [0, 0.1) is 5.82 Å². The molecule has 0 aromatic heterocycles. The van der Waals surface area contributed by atoms with Crippen molar-refractivity contribution in [2.45, 2.75) is 6.10 Å². The van der Waals surface area contributed by atoms with Crippen LogP contribution >= 0.6 is 15.9 Å². The second-order valence-corrected chi connectivity index (χ2v) is 4.51. The van der Waals surface area contributed by atoms with Crippen molar-refractivity contribution in [1.82, 2.24) is 5.32 Å². The van der Waals surface area contributed by atoms with Crippen LogP contribution in [0.3, 0.4) is 0 Å². The molecular formula is C12H11BrFNO4. The molecule has 1 aromatic carbocycles. The molecule has 3 N–H and O–H groups in total. The average molecular weight is 332 g/mol. The summed E-state index contributed by atoms with van der Waals surface area (Å²) in [7, 11) is 0. The minimum atomic E-state index is -1.67. The van der Waals surface area contributed by atoms with E-state index in [0.717, 1.165) is 6.08 Å². The molecule has 0 aliphatic rings. The van der Waals surface area contributed by atoms with E-state index >= 15 is 0 Å². The van der Waals surface area contributed by atoms with E-state index in [4.69, 9.17) is 10.2 Å². The molecule has 0 aliphatic carbocycles. The summed E-state index contributed by atoms with van der Waals surface area (Å²) in [4.78, 5) is 21.6. The van der Waals surface area contributed by atoms with E-state index in [1.807, 2.05) is 0 Å². The van der Waals surface area contributed by atoms with Crippen molar-refractivity contribution in [2.75, 3.05) is 6.54 Å². The fourth-order valence-electron chi connectivity index (χ4n) is 1.15. The number of aliphatic hydroxyl groups excluding tert-OH is 1. The molecule has 0 radical (unpaired) electrons. The van der Waals surface area contributed by atoms with E-state index in [2.05, 4.69) is 21.2 Å². The fraction of sp³-hybridized carbons (Fsp3) is 0.167. The molecule has 0 bridgehead atoms. The van der Waals surface area contributed by atoms with Gasteiger partial charge < -0.3 is 15.5 Å². The van der Waals surface area contributed by atoms with Crippen molar-refractivity contribution in [1.29, 1.82) is 0 Å². The molecule has 19 heavy (non-hydrogen) atoms. The Hall–Kier alpha value is -1.73. The van der Waals surface area contributed by atoms with Crippen LogP contribution in [-0.2, 0) is 9.59 Å². The Bertz CT molecular complexity index is 518. The van der Waals surface area contributed by atoms with Crippen molar-refractivity contribution < 1.29 is 24.2 Å². The number of nitrogens with one attached hydrogen (secondary N) is 1. The number of aliphatic hydroxyl groups is 1. The maximum absolute atomic E-state index is 13.3. The molecule has 1 unspecified atom stereocenters. The van der Waals surface area contributed by atoms with Crippen molar-refractivity contribution in [3.8, 4) is 0 Å². The predicted octanol–water partition coefficient (Wildman–Crippen LogP) is 1.16. The average Bonchev–Trinajstić information content (AvgIpc) is 2.36.